The molecule has 2 atom stereocenters. The number of nitrogens with one attached hydrogen (secondary N) is 1. The summed E-state index contributed by atoms with van der Waals surface area (Å²) in [5.41, 5.74) is 2.72. The Kier molecular flexibility index (Phi) is 12.9. The Labute approximate surface area is 368 Å². The van der Waals surface area contributed by atoms with Gasteiger partial charge in [0.25, 0.3) is 11.1 Å². The summed E-state index contributed by atoms with van der Waals surface area (Å²) < 4.78 is 14.3. The summed E-state index contributed by atoms with van der Waals surface area (Å²) in [7, 11) is 3.38. The number of esters is 2. The Bertz CT molecular complexity index is 2720. The lowest BCUT2D eigenvalue weighted by atomic mass is 9.80. The van der Waals surface area contributed by atoms with Gasteiger partial charge in [0.05, 0.1) is 31.1 Å². The molecular weight excluding hydrogens is 831 g/mol. The highest BCUT2D eigenvalue weighted by Gasteiger charge is 2.34. The van der Waals surface area contributed by atoms with Gasteiger partial charge in [-0.15, -0.1) is 0 Å². The minimum absolute atomic E-state index is 0.0349. The SMILES string of the molecule is CCOC(=O)C1CCC([NH2+]c2ncc3cc(C4=C(Cl)C=CC(C)C4COC(=O)C4CCC(Nc5ncc6cc(-c7ccccc7Cl)c(=O)n(C)c6n5)CC4)c(=O)n(C)c3n2)CC1. The third kappa shape index (κ3) is 8.91. The van der Waals surface area contributed by atoms with E-state index in [0.717, 1.165) is 25.7 Å². The molecule has 3 aliphatic carbocycles. The Balaban J connectivity index is 0.894. The third-order valence-electron chi connectivity index (χ3n) is 12.8. The molecule has 324 valence electrons. The molecule has 3 N–H and O–H groups in total. The van der Waals surface area contributed by atoms with Crippen LogP contribution < -0.4 is 21.8 Å². The average molecular weight is 883 g/mol. The van der Waals surface area contributed by atoms with Gasteiger partial charge < -0.3 is 14.8 Å². The van der Waals surface area contributed by atoms with Gasteiger partial charge in [0.2, 0.25) is 5.95 Å². The van der Waals surface area contributed by atoms with Crippen LogP contribution >= 0.6 is 23.2 Å². The summed E-state index contributed by atoms with van der Waals surface area (Å²) in [5.74, 6) is -0.197. The number of aromatic nitrogens is 6. The molecule has 2 saturated carbocycles. The number of aryl methyl sites for hydroxylation is 2. The number of benzene rings is 1. The number of pyridine rings is 2. The van der Waals surface area contributed by atoms with Crippen molar-refractivity contribution in [1.82, 2.24) is 29.1 Å². The number of hydrogen-bond donors (Lipinski definition) is 2. The first kappa shape index (κ1) is 43.2. The van der Waals surface area contributed by atoms with Crippen molar-refractivity contribution >= 4 is 74.7 Å². The van der Waals surface area contributed by atoms with Crippen molar-refractivity contribution in [3.63, 3.8) is 0 Å². The first-order valence-corrected chi connectivity index (χ1v) is 22.2. The summed E-state index contributed by atoms with van der Waals surface area (Å²) >= 11 is 13.3. The zero-order valence-electron chi connectivity index (χ0n) is 35.3. The molecule has 0 spiro atoms. The third-order valence-corrected chi connectivity index (χ3v) is 13.4. The zero-order valence-corrected chi connectivity index (χ0v) is 36.8. The van der Waals surface area contributed by atoms with Crippen LogP contribution in [0.15, 0.2) is 75.6 Å². The lowest BCUT2D eigenvalue weighted by molar-refractivity contribution is -0.621. The molecule has 0 saturated heterocycles. The molecule has 8 rings (SSSR count). The number of hydrogen-bond acceptors (Lipinski definition) is 11. The summed E-state index contributed by atoms with van der Waals surface area (Å²) in [6, 6.07) is 11.1. The van der Waals surface area contributed by atoms with Gasteiger partial charge in [-0.3, -0.25) is 33.6 Å². The normalized spacial score (nSPS) is 22.8. The van der Waals surface area contributed by atoms with E-state index in [1.165, 1.54) is 9.13 Å². The molecule has 0 bridgehead atoms. The van der Waals surface area contributed by atoms with Crippen molar-refractivity contribution < 1.29 is 24.4 Å². The lowest BCUT2D eigenvalue weighted by Gasteiger charge is -2.31. The Morgan fingerprint density at radius 3 is 2.11 bits per heavy atom. The van der Waals surface area contributed by atoms with Crippen molar-refractivity contribution in [3.8, 4) is 11.1 Å². The molecule has 2 fully saturated rings. The highest BCUT2D eigenvalue weighted by Crippen LogP contribution is 2.39. The second kappa shape index (κ2) is 18.5. The van der Waals surface area contributed by atoms with Crippen LogP contribution in [0.1, 0.15) is 70.8 Å². The van der Waals surface area contributed by atoms with Crippen molar-refractivity contribution in [1.29, 1.82) is 0 Å². The van der Waals surface area contributed by atoms with Crippen molar-refractivity contribution in [3.05, 3.63) is 97.3 Å². The number of halogens is 2. The number of ether oxygens (including phenoxy) is 2. The Morgan fingerprint density at radius 1 is 0.806 bits per heavy atom. The fraction of sp³-hybridized carbons (Fsp3) is 0.435. The topological polar surface area (TPSA) is 177 Å². The Hall–Kier alpha value is -5.44. The van der Waals surface area contributed by atoms with Crippen LogP contribution in [-0.4, -0.2) is 66.3 Å². The predicted molar refractivity (Wildman–Crippen MR) is 239 cm³/mol. The number of rotatable bonds is 11. The molecule has 0 radical (unpaired) electrons. The van der Waals surface area contributed by atoms with Crippen LogP contribution in [-0.2, 0) is 33.2 Å². The summed E-state index contributed by atoms with van der Waals surface area (Å²) in [5, 5.41) is 7.75. The number of quaternary nitrogens is 1. The van der Waals surface area contributed by atoms with Gasteiger partial charge in [-0.1, -0.05) is 54.4 Å². The summed E-state index contributed by atoms with van der Waals surface area (Å²) in [6.07, 6.45) is 13.0. The van der Waals surface area contributed by atoms with E-state index in [1.807, 2.05) is 43.4 Å². The van der Waals surface area contributed by atoms with E-state index < -0.39 is 0 Å². The van der Waals surface area contributed by atoms with Gasteiger partial charge in [-0.05, 0) is 81.2 Å². The average Bonchev–Trinajstić information content (AvgIpc) is 3.27. The van der Waals surface area contributed by atoms with Crippen LogP contribution in [0.25, 0.3) is 38.8 Å². The maximum atomic E-state index is 14.0. The molecule has 3 aliphatic rings. The largest absolute Gasteiger partial charge is 0.466 e. The van der Waals surface area contributed by atoms with Crippen LogP contribution in [0.2, 0.25) is 5.02 Å². The zero-order chi connectivity index (χ0) is 43.7. The first-order valence-electron chi connectivity index (χ1n) is 21.4. The number of fused-ring (bicyclic) bond motifs is 2. The molecular formula is C46H51Cl2N8O6+. The second-order valence-electron chi connectivity index (χ2n) is 16.7. The molecule has 2 unspecified atom stereocenters. The van der Waals surface area contributed by atoms with E-state index in [1.54, 1.807) is 50.8 Å². The van der Waals surface area contributed by atoms with Crippen molar-refractivity contribution in [2.24, 2.45) is 37.8 Å². The van der Waals surface area contributed by atoms with Crippen LogP contribution in [0.3, 0.4) is 0 Å². The number of anilines is 1. The molecule has 4 aromatic heterocycles. The molecule has 0 aliphatic heterocycles. The molecule has 5 aromatic rings. The highest BCUT2D eigenvalue weighted by molar-refractivity contribution is 6.34. The Morgan fingerprint density at radius 2 is 1.42 bits per heavy atom. The minimum Gasteiger partial charge on any atom is -0.466 e. The fourth-order valence-electron chi connectivity index (χ4n) is 9.12. The van der Waals surface area contributed by atoms with Crippen LogP contribution in [0, 0.1) is 23.7 Å². The van der Waals surface area contributed by atoms with Crippen LogP contribution in [0.4, 0.5) is 11.9 Å². The molecule has 0 amide bonds. The quantitative estimate of drug-likeness (QED) is 0.137. The predicted octanol–water partition coefficient (Wildman–Crippen LogP) is 6.59. The van der Waals surface area contributed by atoms with Crippen molar-refractivity contribution in [2.45, 2.75) is 77.3 Å². The monoisotopic (exact) mass is 881 g/mol. The molecule has 4 heterocycles. The first-order chi connectivity index (χ1) is 29.9. The molecule has 16 heteroatoms. The molecule has 14 nitrogen and oxygen atoms in total. The molecule has 62 heavy (non-hydrogen) atoms. The standard InChI is InChI=1S/C46H50Cl2N8O6/c1-5-61-43(59)26-11-15-30(16-12-26)51-46-50-23-29-21-34(42(58)56(4)40(29)54-46)38-35(25(2)10-19-37(38)48)24-62-44(60)27-13-17-31(18-14-27)52-45-49-22-28-20-33(32-8-6-7-9-36(32)47)41(57)55(3)39(28)53-45/h6-10,19-23,25-27,30-31,35H,5,11-18,24H2,1-4H3,(H,49,52,53)(H,50,51,54)/p+1. The smallest absolute Gasteiger partial charge is 0.327 e. The summed E-state index contributed by atoms with van der Waals surface area (Å²) in [4.78, 5) is 71.8. The van der Waals surface area contributed by atoms with Crippen molar-refractivity contribution in [2.75, 3.05) is 18.5 Å². The number of nitrogens with zero attached hydrogens (tertiary/aromatic N) is 6. The minimum atomic E-state index is -0.348. The van der Waals surface area contributed by atoms with E-state index >= 15 is 0 Å². The van der Waals surface area contributed by atoms with Gasteiger partial charge in [-0.2, -0.15) is 15.0 Å². The van der Waals surface area contributed by atoms with E-state index in [-0.39, 0.29) is 65.4 Å². The molecule has 1 aromatic carbocycles. The van der Waals surface area contributed by atoms with Gasteiger partial charge in [0.15, 0.2) is 5.65 Å². The van der Waals surface area contributed by atoms with Gasteiger partial charge in [0.1, 0.15) is 5.65 Å². The highest BCUT2D eigenvalue weighted by atomic mass is 35.5. The van der Waals surface area contributed by atoms with E-state index in [2.05, 4.69) is 20.3 Å². The van der Waals surface area contributed by atoms with E-state index in [0.29, 0.717) is 98.6 Å². The number of carbonyl (C=O) groups excluding carboxylic acids is 2. The lowest BCUT2D eigenvalue weighted by Crippen LogP contribution is -2.85. The number of carbonyl (C=O) groups is 2. The van der Waals surface area contributed by atoms with Gasteiger partial charge >= 0.3 is 17.9 Å². The van der Waals surface area contributed by atoms with E-state index in [9.17, 15) is 19.2 Å². The second-order valence-corrected chi connectivity index (χ2v) is 17.6. The number of nitrogens with two attached hydrogens (primary N) is 1. The number of allylic oxidation sites excluding steroid dienone is 3. The maximum absolute atomic E-state index is 14.0. The van der Waals surface area contributed by atoms with Gasteiger partial charge in [-0.25, -0.2) is 4.98 Å². The fourth-order valence-corrected chi connectivity index (χ4v) is 9.68. The van der Waals surface area contributed by atoms with Crippen LogP contribution in [0.5, 0.6) is 0 Å². The van der Waals surface area contributed by atoms with E-state index in [4.69, 9.17) is 37.7 Å². The van der Waals surface area contributed by atoms with Gasteiger partial charge in [0, 0.05) is 88.8 Å². The summed E-state index contributed by atoms with van der Waals surface area (Å²) in [6.45, 7) is 4.30. The maximum Gasteiger partial charge on any atom is 0.327 e.